The first-order chi connectivity index (χ1) is 10.7. The topological polar surface area (TPSA) is 75.6 Å². The first-order valence-electron chi connectivity index (χ1n) is 6.56. The van der Waals surface area contributed by atoms with Crippen LogP contribution >= 0.6 is 15.9 Å². The van der Waals surface area contributed by atoms with Gasteiger partial charge in [-0.25, -0.2) is 4.98 Å². The van der Waals surface area contributed by atoms with Crippen LogP contribution < -0.4 is 5.73 Å². The molecule has 0 spiro atoms. The van der Waals surface area contributed by atoms with Crippen molar-refractivity contribution in [2.45, 2.75) is 0 Å². The number of halogens is 1. The SMILES string of the molecule is N#Cc1c(-c2cccc(Br)c2)cc(-c2ccncc2)nc1N. The predicted octanol–water partition coefficient (Wildman–Crippen LogP) is 4.03. The number of nitrogens with zero attached hydrogens (tertiary/aromatic N) is 3. The van der Waals surface area contributed by atoms with Crippen LogP contribution in [0, 0.1) is 11.3 Å². The molecular weight excluding hydrogens is 340 g/mol. The Kier molecular flexibility index (Phi) is 3.86. The molecule has 0 radical (unpaired) electrons. The Labute approximate surface area is 136 Å². The molecule has 0 aliphatic rings. The molecule has 0 amide bonds. The summed E-state index contributed by atoms with van der Waals surface area (Å²) in [4.78, 5) is 8.34. The fourth-order valence-electron chi connectivity index (χ4n) is 2.24. The van der Waals surface area contributed by atoms with E-state index in [1.54, 1.807) is 12.4 Å². The minimum Gasteiger partial charge on any atom is -0.383 e. The highest BCUT2D eigenvalue weighted by atomic mass is 79.9. The standard InChI is InChI=1S/C17H11BrN4/c18-13-3-1-2-12(8-13)14-9-16(11-4-6-21-7-5-11)22-17(20)15(14)10-19/h1-9H,(H2,20,22). The molecule has 22 heavy (non-hydrogen) atoms. The van der Waals surface area contributed by atoms with E-state index in [4.69, 9.17) is 5.73 Å². The summed E-state index contributed by atoms with van der Waals surface area (Å²) in [6.07, 6.45) is 3.40. The summed E-state index contributed by atoms with van der Waals surface area (Å²) < 4.78 is 0.940. The van der Waals surface area contributed by atoms with E-state index < -0.39 is 0 Å². The average Bonchev–Trinajstić information content (AvgIpc) is 2.55. The number of pyridine rings is 2. The summed E-state index contributed by atoms with van der Waals surface area (Å²) in [6.45, 7) is 0. The van der Waals surface area contributed by atoms with Crippen LogP contribution in [0.15, 0.2) is 59.3 Å². The Morgan fingerprint density at radius 1 is 1.05 bits per heavy atom. The smallest absolute Gasteiger partial charge is 0.142 e. The number of anilines is 1. The van der Waals surface area contributed by atoms with Crippen LogP contribution in [-0.2, 0) is 0 Å². The Bertz CT molecular complexity index is 870. The van der Waals surface area contributed by atoms with Gasteiger partial charge in [0.2, 0.25) is 0 Å². The molecule has 3 aromatic rings. The van der Waals surface area contributed by atoms with Crippen molar-refractivity contribution in [3.8, 4) is 28.5 Å². The summed E-state index contributed by atoms with van der Waals surface area (Å²) in [7, 11) is 0. The van der Waals surface area contributed by atoms with Gasteiger partial charge in [-0.2, -0.15) is 5.26 Å². The van der Waals surface area contributed by atoms with Gasteiger partial charge in [0.25, 0.3) is 0 Å². The number of benzene rings is 1. The van der Waals surface area contributed by atoms with Gasteiger partial charge < -0.3 is 5.73 Å². The van der Waals surface area contributed by atoms with E-state index in [2.05, 4.69) is 32.0 Å². The Morgan fingerprint density at radius 2 is 1.82 bits per heavy atom. The van der Waals surface area contributed by atoms with Crippen LogP contribution in [0.25, 0.3) is 22.4 Å². The second-order valence-electron chi connectivity index (χ2n) is 4.67. The van der Waals surface area contributed by atoms with Crippen LogP contribution in [0.3, 0.4) is 0 Å². The molecule has 0 atom stereocenters. The molecule has 0 fully saturated rings. The maximum atomic E-state index is 9.40. The molecule has 1 aromatic carbocycles. The first-order valence-corrected chi connectivity index (χ1v) is 7.35. The van der Waals surface area contributed by atoms with Crippen molar-refractivity contribution in [3.63, 3.8) is 0 Å². The number of aromatic nitrogens is 2. The van der Waals surface area contributed by atoms with Gasteiger partial charge in [0, 0.05) is 28.0 Å². The minimum absolute atomic E-state index is 0.229. The third-order valence-electron chi connectivity index (χ3n) is 3.27. The van der Waals surface area contributed by atoms with E-state index in [1.807, 2.05) is 42.5 Å². The van der Waals surface area contributed by atoms with Gasteiger partial charge >= 0.3 is 0 Å². The van der Waals surface area contributed by atoms with E-state index in [9.17, 15) is 5.26 Å². The van der Waals surface area contributed by atoms with Gasteiger partial charge in [-0.3, -0.25) is 4.98 Å². The fraction of sp³-hybridized carbons (Fsp3) is 0. The van der Waals surface area contributed by atoms with Crippen molar-refractivity contribution in [1.29, 1.82) is 5.26 Å². The molecule has 2 aromatic heterocycles. The molecule has 4 nitrogen and oxygen atoms in total. The zero-order chi connectivity index (χ0) is 15.5. The minimum atomic E-state index is 0.229. The number of rotatable bonds is 2. The highest BCUT2D eigenvalue weighted by molar-refractivity contribution is 9.10. The molecule has 2 heterocycles. The van der Waals surface area contributed by atoms with Crippen molar-refractivity contribution >= 4 is 21.7 Å². The second kappa shape index (κ2) is 5.96. The molecule has 5 heteroatoms. The molecule has 106 valence electrons. The van der Waals surface area contributed by atoms with Crippen molar-refractivity contribution < 1.29 is 0 Å². The number of hydrogen-bond acceptors (Lipinski definition) is 4. The predicted molar refractivity (Wildman–Crippen MR) is 89.7 cm³/mol. The van der Waals surface area contributed by atoms with E-state index in [-0.39, 0.29) is 5.82 Å². The lowest BCUT2D eigenvalue weighted by atomic mass is 9.99. The van der Waals surface area contributed by atoms with Crippen molar-refractivity contribution in [1.82, 2.24) is 9.97 Å². The third-order valence-corrected chi connectivity index (χ3v) is 3.76. The van der Waals surface area contributed by atoms with Crippen LogP contribution in [0.4, 0.5) is 5.82 Å². The lowest BCUT2D eigenvalue weighted by molar-refractivity contribution is 1.28. The van der Waals surface area contributed by atoms with Crippen LogP contribution in [0.2, 0.25) is 0 Å². The molecular formula is C17H11BrN4. The summed E-state index contributed by atoms with van der Waals surface area (Å²) in [5, 5.41) is 9.40. The highest BCUT2D eigenvalue weighted by Crippen LogP contribution is 2.32. The largest absolute Gasteiger partial charge is 0.383 e. The summed E-state index contributed by atoms with van der Waals surface area (Å²) in [5.41, 5.74) is 9.67. The number of nitriles is 1. The lowest BCUT2D eigenvalue weighted by Gasteiger charge is -2.10. The Balaban J connectivity index is 2.25. The first kappa shape index (κ1) is 14.2. The normalized spacial score (nSPS) is 10.2. The van der Waals surface area contributed by atoms with Gasteiger partial charge in [-0.1, -0.05) is 28.1 Å². The fourth-order valence-corrected chi connectivity index (χ4v) is 2.64. The number of hydrogen-bond donors (Lipinski definition) is 1. The summed E-state index contributed by atoms with van der Waals surface area (Å²) in [6, 6.07) is 15.5. The molecule has 0 bridgehead atoms. The molecule has 3 rings (SSSR count). The van der Waals surface area contributed by atoms with Crippen molar-refractivity contribution in [2.24, 2.45) is 0 Å². The van der Waals surface area contributed by atoms with E-state index in [1.165, 1.54) is 0 Å². The zero-order valence-electron chi connectivity index (χ0n) is 11.5. The second-order valence-corrected chi connectivity index (χ2v) is 5.59. The number of nitrogen functional groups attached to an aromatic ring is 1. The van der Waals surface area contributed by atoms with Crippen LogP contribution in [0.1, 0.15) is 5.56 Å². The molecule has 0 saturated heterocycles. The number of nitrogens with two attached hydrogens (primary N) is 1. The van der Waals surface area contributed by atoms with Gasteiger partial charge in [0.15, 0.2) is 0 Å². The monoisotopic (exact) mass is 350 g/mol. The van der Waals surface area contributed by atoms with E-state index in [0.29, 0.717) is 11.3 Å². The molecule has 0 aliphatic carbocycles. The van der Waals surface area contributed by atoms with E-state index in [0.717, 1.165) is 21.2 Å². The zero-order valence-corrected chi connectivity index (χ0v) is 13.1. The van der Waals surface area contributed by atoms with Crippen molar-refractivity contribution in [3.05, 3.63) is 64.9 Å². The van der Waals surface area contributed by atoms with Gasteiger partial charge in [0.05, 0.1) is 5.69 Å². The van der Waals surface area contributed by atoms with Crippen LogP contribution in [0.5, 0.6) is 0 Å². The average molecular weight is 351 g/mol. The molecule has 0 saturated carbocycles. The van der Waals surface area contributed by atoms with Crippen LogP contribution in [-0.4, -0.2) is 9.97 Å². The van der Waals surface area contributed by atoms with Crippen molar-refractivity contribution in [2.75, 3.05) is 5.73 Å². The van der Waals surface area contributed by atoms with E-state index >= 15 is 0 Å². The maximum Gasteiger partial charge on any atom is 0.142 e. The lowest BCUT2D eigenvalue weighted by Crippen LogP contribution is -1.99. The Hall–Kier alpha value is -2.71. The Morgan fingerprint density at radius 3 is 2.50 bits per heavy atom. The molecule has 2 N–H and O–H groups in total. The van der Waals surface area contributed by atoms with Gasteiger partial charge in [0.1, 0.15) is 17.5 Å². The molecule has 0 unspecified atom stereocenters. The third kappa shape index (κ3) is 2.69. The van der Waals surface area contributed by atoms with Gasteiger partial charge in [-0.05, 0) is 35.9 Å². The van der Waals surface area contributed by atoms with Gasteiger partial charge in [-0.15, -0.1) is 0 Å². The maximum absolute atomic E-state index is 9.40. The summed E-state index contributed by atoms with van der Waals surface area (Å²) >= 11 is 3.45. The quantitative estimate of drug-likeness (QED) is 0.756. The summed E-state index contributed by atoms with van der Waals surface area (Å²) in [5.74, 6) is 0.229. The highest BCUT2D eigenvalue weighted by Gasteiger charge is 2.13. The molecule has 0 aliphatic heterocycles.